The van der Waals surface area contributed by atoms with Crippen LogP contribution in [0.3, 0.4) is 0 Å². The summed E-state index contributed by atoms with van der Waals surface area (Å²) in [5, 5.41) is 6.92. The zero-order valence-corrected chi connectivity index (χ0v) is 15.8. The molecule has 0 aromatic carbocycles. The predicted molar refractivity (Wildman–Crippen MR) is 97.3 cm³/mol. The van der Waals surface area contributed by atoms with Crippen LogP contribution in [0, 0.1) is 0 Å². The van der Waals surface area contributed by atoms with Crippen LogP contribution >= 0.6 is 27.3 Å². The number of aromatic nitrogens is 4. The van der Waals surface area contributed by atoms with Crippen LogP contribution in [0.15, 0.2) is 26.2 Å². The standard InChI is InChI=1S/C15H18BrN5OS/c1-15(2,3)21-12-10(6-17-21)13(22)19-14(18-12)20(4)7-9-5-11(16)23-8-9/h5-6,8H,7H2,1-4H3,(H,18,19,22). The quantitative estimate of drug-likeness (QED) is 0.738. The van der Waals surface area contributed by atoms with Gasteiger partial charge >= 0.3 is 0 Å². The molecule has 0 amide bonds. The van der Waals surface area contributed by atoms with Gasteiger partial charge in [-0.2, -0.15) is 10.1 Å². The van der Waals surface area contributed by atoms with Gasteiger partial charge in [0.2, 0.25) is 5.95 Å². The van der Waals surface area contributed by atoms with E-state index >= 15 is 0 Å². The molecule has 0 saturated heterocycles. The molecule has 0 aliphatic carbocycles. The number of thiophene rings is 1. The molecular weight excluding hydrogens is 378 g/mol. The minimum Gasteiger partial charge on any atom is -0.341 e. The van der Waals surface area contributed by atoms with E-state index in [0.29, 0.717) is 23.5 Å². The van der Waals surface area contributed by atoms with E-state index < -0.39 is 0 Å². The lowest BCUT2D eigenvalue weighted by Gasteiger charge is -2.21. The third-order valence-electron chi connectivity index (χ3n) is 3.46. The van der Waals surface area contributed by atoms with Crippen molar-refractivity contribution in [1.82, 2.24) is 19.7 Å². The largest absolute Gasteiger partial charge is 0.341 e. The minimum atomic E-state index is -0.239. The van der Waals surface area contributed by atoms with E-state index in [1.54, 1.807) is 22.2 Å². The highest BCUT2D eigenvalue weighted by Gasteiger charge is 2.20. The van der Waals surface area contributed by atoms with Crippen molar-refractivity contribution in [3.05, 3.63) is 37.3 Å². The predicted octanol–water partition coefficient (Wildman–Crippen LogP) is 3.34. The number of H-pyrrole nitrogens is 1. The Balaban J connectivity index is 2.02. The number of aromatic amines is 1. The second-order valence-electron chi connectivity index (χ2n) is 6.47. The molecule has 1 N–H and O–H groups in total. The Bertz CT molecular complexity index is 905. The molecule has 6 nitrogen and oxygen atoms in total. The maximum atomic E-state index is 12.3. The summed E-state index contributed by atoms with van der Waals surface area (Å²) in [6, 6.07) is 2.07. The number of nitrogens with one attached hydrogen (secondary N) is 1. The van der Waals surface area contributed by atoms with Crippen molar-refractivity contribution in [3.8, 4) is 0 Å². The number of anilines is 1. The van der Waals surface area contributed by atoms with Crippen LogP contribution in [0.5, 0.6) is 0 Å². The van der Waals surface area contributed by atoms with Crippen molar-refractivity contribution in [2.75, 3.05) is 11.9 Å². The van der Waals surface area contributed by atoms with E-state index in [2.05, 4.69) is 42.4 Å². The fourth-order valence-electron chi connectivity index (χ4n) is 2.36. The molecule has 0 unspecified atom stereocenters. The number of hydrogen-bond donors (Lipinski definition) is 1. The molecule has 0 bridgehead atoms. The first-order chi connectivity index (χ1) is 10.8. The number of fused-ring (bicyclic) bond motifs is 1. The summed E-state index contributed by atoms with van der Waals surface area (Å²) in [4.78, 5) is 21.7. The zero-order chi connectivity index (χ0) is 16.8. The molecule has 122 valence electrons. The fourth-order valence-corrected chi connectivity index (χ4v) is 3.56. The van der Waals surface area contributed by atoms with Crippen LogP contribution in [0.4, 0.5) is 5.95 Å². The monoisotopic (exact) mass is 395 g/mol. The van der Waals surface area contributed by atoms with Gasteiger partial charge in [0, 0.05) is 13.6 Å². The van der Waals surface area contributed by atoms with Gasteiger partial charge in [0.05, 0.1) is 15.5 Å². The summed E-state index contributed by atoms with van der Waals surface area (Å²) in [5.74, 6) is 0.538. The zero-order valence-electron chi connectivity index (χ0n) is 13.4. The first-order valence-corrected chi connectivity index (χ1v) is 8.85. The van der Waals surface area contributed by atoms with Gasteiger partial charge in [-0.25, -0.2) is 4.68 Å². The molecule has 23 heavy (non-hydrogen) atoms. The van der Waals surface area contributed by atoms with Gasteiger partial charge in [-0.1, -0.05) is 0 Å². The van der Waals surface area contributed by atoms with Crippen LogP contribution in [-0.2, 0) is 12.1 Å². The molecule has 0 atom stereocenters. The van der Waals surface area contributed by atoms with Gasteiger partial charge in [0.25, 0.3) is 5.56 Å². The van der Waals surface area contributed by atoms with E-state index in [1.807, 2.05) is 32.7 Å². The van der Waals surface area contributed by atoms with Crippen molar-refractivity contribution in [1.29, 1.82) is 0 Å². The number of nitrogens with zero attached hydrogens (tertiary/aromatic N) is 4. The topological polar surface area (TPSA) is 66.8 Å². The minimum absolute atomic E-state index is 0.168. The molecule has 3 aromatic rings. The lowest BCUT2D eigenvalue weighted by atomic mass is 10.1. The van der Waals surface area contributed by atoms with Gasteiger partial charge in [-0.15, -0.1) is 11.3 Å². The number of halogens is 1. The third-order valence-corrected chi connectivity index (χ3v) is 5.02. The lowest BCUT2D eigenvalue weighted by Crippen LogP contribution is -2.26. The molecule has 3 heterocycles. The molecule has 0 aliphatic heterocycles. The Hall–Kier alpha value is -1.67. The summed E-state index contributed by atoms with van der Waals surface area (Å²) in [6.07, 6.45) is 1.58. The second kappa shape index (κ2) is 5.76. The van der Waals surface area contributed by atoms with E-state index in [9.17, 15) is 4.79 Å². The van der Waals surface area contributed by atoms with Crippen LogP contribution in [-0.4, -0.2) is 26.8 Å². The fraction of sp³-hybridized carbons (Fsp3) is 0.400. The van der Waals surface area contributed by atoms with Gasteiger partial charge in [-0.3, -0.25) is 9.78 Å². The molecular formula is C15H18BrN5OS. The molecule has 0 spiro atoms. The highest BCUT2D eigenvalue weighted by atomic mass is 79.9. The Labute approximate surface area is 146 Å². The Kier molecular flexibility index (Phi) is 4.05. The Morgan fingerprint density at radius 2 is 2.17 bits per heavy atom. The maximum Gasteiger partial charge on any atom is 0.263 e. The summed E-state index contributed by atoms with van der Waals surface area (Å²) < 4.78 is 2.87. The maximum absolute atomic E-state index is 12.3. The lowest BCUT2D eigenvalue weighted by molar-refractivity contribution is 0.366. The van der Waals surface area contributed by atoms with Crippen molar-refractivity contribution in [3.63, 3.8) is 0 Å². The third kappa shape index (κ3) is 3.18. The molecule has 0 aliphatic rings. The normalized spacial score (nSPS) is 12.0. The Morgan fingerprint density at radius 3 is 2.78 bits per heavy atom. The molecule has 0 saturated carbocycles. The molecule has 3 aromatic heterocycles. The number of rotatable bonds is 3. The van der Waals surface area contributed by atoms with Gasteiger partial charge in [-0.05, 0) is 53.7 Å². The van der Waals surface area contributed by atoms with Crippen molar-refractivity contribution < 1.29 is 0 Å². The molecule has 0 fully saturated rings. The number of hydrogen-bond acceptors (Lipinski definition) is 5. The van der Waals surface area contributed by atoms with Gasteiger partial charge in [0.15, 0.2) is 5.65 Å². The Morgan fingerprint density at radius 1 is 1.43 bits per heavy atom. The first kappa shape index (κ1) is 16.2. The second-order valence-corrected chi connectivity index (χ2v) is 8.76. The molecule has 0 radical (unpaired) electrons. The van der Waals surface area contributed by atoms with E-state index in [1.165, 1.54) is 0 Å². The van der Waals surface area contributed by atoms with Crippen molar-refractivity contribution >= 4 is 44.2 Å². The molecule has 3 rings (SSSR count). The van der Waals surface area contributed by atoms with E-state index in [0.717, 1.165) is 9.35 Å². The van der Waals surface area contributed by atoms with Crippen LogP contribution in [0.1, 0.15) is 26.3 Å². The summed E-state index contributed by atoms with van der Waals surface area (Å²) in [5.41, 5.74) is 1.36. The summed E-state index contributed by atoms with van der Waals surface area (Å²) in [6.45, 7) is 6.78. The van der Waals surface area contributed by atoms with E-state index in [-0.39, 0.29) is 11.1 Å². The SMILES string of the molecule is CN(Cc1csc(Br)c1)c1nc2c(cnn2C(C)(C)C)c(=O)[nH]1. The highest BCUT2D eigenvalue weighted by molar-refractivity contribution is 9.11. The van der Waals surface area contributed by atoms with Gasteiger partial charge < -0.3 is 4.90 Å². The van der Waals surface area contributed by atoms with Crippen LogP contribution in [0.25, 0.3) is 11.0 Å². The van der Waals surface area contributed by atoms with Gasteiger partial charge in [0.1, 0.15) is 5.39 Å². The first-order valence-electron chi connectivity index (χ1n) is 7.18. The molecule has 8 heteroatoms. The summed E-state index contributed by atoms with van der Waals surface area (Å²) in [7, 11) is 1.91. The van der Waals surface area contributed by atoms with E-state index in [4.69, 9.17) is 0 Å². The highest BCUT2D eigenvalue weighted by Crippen LogP contribution is 2.23. The van der Waals surface area contributed by atoms with Crippen LogP contribution < -0.4 is 10.5 Å². The van der Waals surface area contributed by atoms with Crippen molar-refractivity contribution in [2.45, 2.75) is 32.9 Å². The van der Waals surface area contributed by atoms with Crippen molar-refractivity contribution in [2.24, 2.45) is 0 Å². The van der Waals surface area contributed by atoms with Crippen LogP contribution in [0.2, 0.25) is 0 Å². The average molecular weight is 396 g/mol. The summed E-state index contributed by atoms with van der Waals surface area (Å²) >= 11 is 5.10. The smallest absolute Gasteiger partial charge is 0.263 e. The average Bonchev–Trinajstić information content (AvgIpc) is 3.04.